The summed E-state index contributed by atoms with van der Waals surface area (Å²) in [5.41, 5.74) is 0. The first-order chi connectivity index (χ1) is 14.2. The summed E-state index contributed by atoms with van der Waals surface area (Å²) in [5, 5.41) is -0.617. The number of carbonyl (C=O) groups excluding carboxylic acids is 4. The molecule has 1 fully saturated rings. The second-order valence-corrected chi connectivity index (χ2v) is 8.96. The second-order valence-electron chi connectivity index (χ2n) is 6.50. The van der Waals surface area contributed by atoms with Crippen LogP contribution >= 0.6 is 0 Å². The van der Waals surface area contributed by atoms with Crippen LogP contribution < -0.4 is 4.46 Å². The molecule has 0 amide bonds. The van der Waals surface area contributed by atoms with Crippen molar-refractivity contribution in [2.75, 3.05) is 6.61 Å². The van der Waals surface area contributed by atoms with Crippen LogP contribution in [0, 0.1) is 0 Å². The Morgan fingerprint density at radius 1 is 0.900 bits per heavy atom. The molecule has 9 nitrogen and oxygen atoms in total. The molecule has 164 valence electrons. The summed E-state index contributed by atoms with van der Waals surface area (Å²) in [5.74, 6) is -2.39. The zero-order valence-corrected chi connectivity index (χ0v) is 18.8. The number of esters is 4. The molecule has 1 aromatic carbocycles. The van der Waals surface area contributed by atoms with Crippen LogP contribution in [0.3, 0.4) is 0 Å². The van der Waals surface area contributed by atoms with Gasteiger partial charge in [0, 0.05) is 0 Å². The van der Waals surface area contributed by atoms with Crippen molar-refractivity contribution >= 4 is 43.3 Å². The number of rotatable bonds is 8. The Bertz CT molecular complexity index is 767. The van der Waals surface area contributed by atoms with Gasteiger partial charge in [-0.15, -0.1) is 0 Å². The molecule has 5 atom stereocenters. The topological polar surface area (TPSA) is 114 Å². The van der Waals surface area contributed by atoms with Crippen molar-refractivity contribution in [3.05, 3.63) is 30.3 Å². The van der Waals surface area contributed by atoms with Crippen LogP contribution in [-0.2, 0) is 42.9 Å². The minimum atomic E-state index is -1.05. The van der Waals surface area contributed by atoms with E-state index in [1.165, 1.54) is 27.7 Å². The first kappa shape index (κ1) is 23.9. The molecule has 1 aromatic rings. The number of hydrogen-bond acceptors (Lipinski definition) is 9. The molecule has 0 bridgehead atoms. The average Bonchev–Trinajstić information content (AvgIpc) is 2.95. The molecule has 0 spiro atoms. The van der Waals surface area contributed by atoms with Gasteiger partial charge in [0.1, 0.15) is 0 Å². The molecule has 0 radical (unpaired) electrons. The molecular weight excluding hydrogens is 463 g/mol. The van der Waals surface area contributed by atoms with Crippen molar-refractivity contribution in [1.82, 2.24) is 0 Å². The second kappa shape index (κ2) is 11.1. The van der Waals surface area contributed by atoms with Gasteiger partial charge in [-0.25, -0.2) is 0 Å². The van der Waals surface area contributed by atoms with Crippen LogP contribution in [0.25, 0.3) is 0 Å². The van der Waals surface area contributed by atoms with Crippen molar-refractivity contribution in [3.63, 3.8) is 0 Å². The van der Waals surface area contributed by atoms with Crippen LogP contribution in [0.15, 0.2) is 30.3 Å². The van der Waals surface area contributed by atoms with Crippen molar-refractivity contribution in [2.45, 2.75) is 57.1 Å². The third kappa shape index (κ3) is 7.12. The summed E-state index contributed by atoms with van der Waals surface area (Å²) in [7, 11) is 0. The van der Waals surface area contributed by atoms with Crippen LogP contribution in [0.2, 0.25) is 0 Å². The zero-order valence-electron chi connectivity index (χ0n) is 17.1. The number of benzene rings is 1. The van der Waals surface area contributed by atoms with E-state index in [-0.39, 0.29) is 21.6 Å². The van der Waals surface area contributed by atoms with Gasteiger partial charge in [-0.3, -0.25) is 0 Å². The Hall–Kier alpha value is -2.42. The summed E-state index contributed by atoms with van der Waals surface area (Å²) >= 11 is -0.323. The summed E-state index contributed by atoms with van der Waals surface area (Å²) in [4.78, 5) is 46.4. The van der Waals surface area contributed by atoms with Crippen molar-refractivity contribution in [1.29, 1.82) is 0 Å². The normalized spacial score (nSPS) is 23.9. The molecule has 2 rings (SSSR count). The van der Waals surface area contributed by atoms with E-state index in [4.69, 9.17) is 23.7 Å². The van der Waals surface area contributed by atoms with E-state index in [0.717, 1.165) is 4.46 Å². The summed E-state index contributed by atoms with van der Waals surface area (Å²) in [6.45, 7) is 4.57. The maximum atomic E-state index is 11.7. The molecule has 10 heteroatoms. The Balaban J connectivity index is 2.35. The van der Waals surface area contributed by atoms with E-state index in [1.807, 2.05) is 30.3 Å². The number of hydrogen-bond donors (Lipinski definition) is 0. The molecule has 1 aliphatic heterocycles. The summed E-state index contributed by atoms with van der Waals surface area (Å²) < 4.78 is 28.2. The summed E-state index contributed by atoms with van der Waals surface area (Å²) in [6.07, 6.45) is -3.99. The fourth-order valence-electron chi connectivity index (χ4n) is 2.93. The van der Waals surface area contributed by atoms with Crippen LogP contribution in [0.1, 0.15) is 27.7 Å². The average molecular weight is 487 g/mol. The molecule has 0 aliphatic carbocycles. The molecule has 0 aromatic heterocycles. The Kier molecular flexibility index (Phi) is 8.83. The van der Waals surface area contributed by atoms with Gasteiger partial charge in [-0.1, -0.05) is 0 Å². The molecule has 0 N–H and O–H groups in total. The SMILES string of the molecule is CC(=O)OC[C@@H](OC(C)=O)[C@@H]1O[C@@H]([Se]c2ccccc2)[C@H](OC(C)=O)[C@H]1OC(C)=O. The third-order valence-electron chi connectivity index (χ3n) is 3.94. The molecule has 1 saturated heterocycles. The van der Waals surface area contributed by atoms with Crippen LogP contribution in [-0.4, -0.2) is 74.9 Å². The molecule has 0 unspecified atom stereocenters. The van der Waals surface area contributed by atoms with Gasteiger partial charge >= 0.3 is 180 Å². The van der Waals surface area contributed by atoms with Gasteiger partial charge in [0.2, 0.25) is 0 Å². The Morgan fingerprint density at radius 2 is 1.50 bits per heavy atom. The van der Waals surface area contributed by atoms with E-state index in [0.29, 0.717) is 0 Å². The van der Waals surface area contributed by atoms with Gasteiger partial charge in [0.05, 0.1) is 0 Å². The van der Waals surface area contributed by atoms with E-state index >= 15 is 0 Å². The van der Waals surface area contributed by atoms with E-state index in [2.05, 4.69) is 0 Å². The third-order valence-corrected chi connectivity index (χ3v) is 6.37. The standard InChI is InChI=1S/C20H24O9Se/c1-11(21)25-10-16(26-12(2)22)17-18(27-13(3)23)19(28-14(4)24)20(29-17)30-15-8-6-5-7-9-15/h5-9,16-20H,10H2,1-4H3/t16-,17+,18+,19-,20+/m1/s1. The predicted molar refractivity (Wildman–Crippen MR) is 104 cm³/mol. The monoisotopic (exact) mass is 488 g/mol. The van der Waals surface area contributed by atoms with Crippen LogP contribution in [0.5, 0.6) is 0 Å². The van der Waals surface area contributed by atoms with Crippen molar-refractivity contribution in [3.8, 4) is 0 Å². The van der Waals surface area contributed by atoms with E-state index < -0.39 is 53.3 Å². The fourth-order valence-corrected chi connectivity index (χ4v) is 5.26. The number of carbonyl (C=O) groups is 4. The maximum absolute atomic E-state index is 11.7. The zero-order chi connectivity index (χ0) is 22.3. The van der Waals surface area contributed by atoms with Gasteiger partial charge in [0.25, 0.3) is 0 Å². The van der Waals surface area contributed by atoms with Crippen LogP contribution in [0.4, 0.5) is 0 Å². The first-order valence-electron chi connectivity index (χ1n) is 9.19. The van der Waals surface area contributed by atoms with Gasteiger partial charge in [-0.05, 0) is 0 Å². The Morgan fingerprint density at radius 3 is 2.03 bits per heavy atom. The Labute approximate surface area is 180 Å². The predicted octanol–water partition coefficient (Wildman–Crippen LogP) is 0.0992. The summed E-state index contributed by atoms with van der Waals surface area (Å²) in [6, 6.07) is 9.43. The molecule has 1 aliphatic rings. The molecule has 0 saturated carbocycles. The fraction of sp³-hybridized carbons (Fsp3) is 0.500. The van der Waals surface area contributed by atoms with E-state index in [1.54, 1.807) is 0 Å². The van der Waals surface area contributed by atoms with Gasteiger partial charge in [0.15, 0.2) is 0 Å². The molecule has 30 heavy (non-hydrogen) atoms. The first-order valence-corrected chi connectivity index (χ1v) is 11.0. The quantitative estimate of drug-likeness (QED) is 0.286. The van der Waals surface area contributed by atoms with Gasteiger partial charge in [-0.2, -0.15) is 0 Å². The number of ether oxygens (including phenoxy) is 5. The minimum absolute atomic E-state index is 0.296. The van der Waals surface area contributed by atoms with Crippen molar-refractivity contribution < 1.29 is 42.9 Å². The molecular formula is C20H24O9Se. The molecule has 1 heterocycles. The van der Waals surface area contributed by atoms with Crippen molar-refractivity contribution in [2.24, 2.45) is 0 Å². The van der Waals surface area contributed by atoms with E-state index in [9.17, 15) is 19.2 Å². The van der Waals surface area contributed by atoms with Gasteiger partial charge < -0.3 is 0 Å².